The van der Waals surface area contributed by atoms with Gasteiger partial charge in [0.1, 0.15) is 0 Å². The number of rotatable bonds is 6. The highest BCUT2D eigenvalue weighted by Gasteiger charge is 2.18. The molecule has 0 bridgehead atoms. The van der Waals surface area contributed by atoms with Crippen molar-refractivity contribution in [3.05, 3.63) is 81.0 Å². The minimum atomic E-state index is -0.369. The Kier molecular flexibility index (Phi) is 6.21. The van der Waals surface area contributed by atoms with Crippen LogP contribution in [0.3, 0.4) is 0 Å². The molecule has 2 aromatic carbocycles. The highest BCUT2D eigenvalue weighted by atomic mass is 35.5. The van der Waals surface area contributed by atoms with Crippen molar-refractivity contribution in [2.24, 2.45) is 0 Å². The first kappa shape index (κ1) is 20.6. The van der Waals surface area contributed by atoms with Crippen molar-refractivity contribution in [1.29, 1.82) is 0 Å². The lowest BCUT2D eigenvalue weighted by Crippen LogP contribution is -2.30. The van der Waals surface area contributed by atoms with Crippen LogP contribution in [0.2, 0.25) is 5.02 Å². The molecule has 1 heterocycles. The Hall–Kier alpha value is -2.63. The molecule has 1 aliphatic rings. The minimum absolute atomic E-state index is 0.0933. The standard InChI is InChI=1S/C24H26ClN3O2/c1-17-19(16-26-21-5-3-2-4-6-21)15-24(18-7-9-20(25)10-8-18)27(17)22-11-13-23(14-12-22)28(29)30/h7-15,21,26H,2-6,16H2,1H3. The van der Waals surface area contributed by atoms with Crippen molar-refractivity contribution in [3.63, 3.8) is 0 Å². The number of nitrogens with zero attached hydrogens (tertiary/aromatic N) is 2. The third-order valence-corrected chi connectivity index (χ3v) is 6.25. The van der Waals surface area contributed by atoms with Crippen LogP contribution in [0.25, 0.3) is 16.9 Å². The van der Waals surface area contributed by atoms with Crippen LogP contribution in [-0.4, -0.2) is 15.5 Å². The maximum absolute atomic E-state index is 11.1. The molecular weight excluding hydrogens is 398 g/mol. The number of hydrogen-bond donors (Lipinski definition) is 1. The molecule has 0 radical (unpaired) electrons. The van der Waals surface area contributed by atoms with Crippen LogP contribution >= 0.6 is 11.6 Å². The molecule has 5 nitrogen and oxygen atoms in total. The molecule has 0 amide bonds. The van der Waals surface area contributed by atoms with E-state index in [4.69, 9.17) is 11.6 Å². The van der Waals surface area contributed by atoms with Gasteiger partial charge in [0.15, 0.2) is 0 Å². The fraction of sp³-hybridized carbons (Fsp3) is 0.333. The van der Waals surface area contributed by atoms with Gasteiger partial charge in [-0.2, -0.15) is 0 Å². The number of halogens is 1. The lowest BCUT2D eigenvalue weighted by Gasteiger charge is -2.22. The Balaban J connectivity index is 1.71. The quantitative estimate of drug-likeness (QED) is 0.366. The van der Waals surface area contributed by atoms with Gasteiger partial charge in [-0.3, -0.25) is 10.1 Å². The number of benzene rings is 2. The number of nitro benzene ring substituents is 1. The summed E-state index contributed by atoms with van der Waals surface area (Å²) in [5, 5.41) is 15.5. The lowest BCUT2D eigenvalue weighted by atomic mass is 9.95. The molecule has 0 spiro atoms. The third-order valence-electron chi connectivity index (χ3n) is 6.00. The van der Waals surface area contributed by atoms with Gasteiger partial charge in [0.2, 0.25) is 0 Å². The van der Waals surface area contributed by atoms with Crippen molar-refractivity contribution >= 4 is 17.3 Å². The second-order valence-corrected chi connectivity index (χ2v) is 8.41. The third kappa shape index (κ3) is 4.42. The highest BCUT2D eigenvalue weighted by Crippen LogP contribution is 2.31. The zero-order valence-electron chi connectivity index (χ0n) is 17.1. The van der Waals surface area contributed by atoms with Crippen molar-refractivity contribution in [2.75, 3.05) is 0 Å². The van der Waals surface area contributed by atoms with E-state index in [2.05, 4.69) is 22.9 Å². The van der Waals surface area contributed by atoms with Gasteiger partial charge in [0.05, 0.1) is 10.6 Å². The van der Waals surface area contributed by atoms with Crippen LogP contribution in [0.4, 0.5) is 5.69 Å². The van der Waals surface area contributed by atoms with Crippen LogP contribution in [-0.2, 0) is 6.54 Å². The fourth-order valence-electron chi connectivity index (χ4n) is 4.29. The molecule has 0 unspecified atom stereocenters. The van der Waals surface area contributed by atoms with Crippen molar-refractivity contribution < 1.29 is 4.92 Å². The van der Waals surface area contributed by atoms with E-state index >= 15 is 0 Å². The van der Waals surface area contributed by atoms with Crippen molar-refractivity contribution in [2.45, 2.75) is 51.6 Å². The molecule has 4 rings (SSSR count). The molecule has 1 aromatic heterocycles. The number of nitro groups is 1. The molecule has 1 aliphatic carbocycles. The molecule has 1 saturated carbocycles. The van der Waals surface area contributed by atoms with Crippen LogP contribution in [0, 0.1) is 17.0 Å². The summed E-state index contributed by atoms with van der Waals surface area (Å²) >= 11 is 6.09. The van der Waals surface area contributed by atoms with E-state index < -0.39 is 0 Å². The Morgan fingerprint density at radius 2 is 1.73 bits per heavy atom. The van der Waals surface area contributed by atoms with Crippen LogP contribution < -0.4 is 5.32 Å². The maximum Gasteiger partial charge on any atom is 0.269 e. The molecule has 156 valence electrons. The number of non-ortho nitro benzene ring substituents is 1. The molecule has 0 atom stereocenters. The summed E-state index contributed by atoms with van der Waals surface area (Å²) in [7, 11) is 0. The second-order valence-electron chi connectivity index (χ2n) is 7.97. The van der Waals surface area contributed by atoms with Gasteiger partial charge in [-0.1, -0.05) is 43.0 Å². The van der Waals surface area contributed by atoms with Gasteiger partial charge in [-0.25, -0.2) is 0 Å². The monoisotopic (exact) mass is 423 g/mol. The predicted molar refractivity (Wildman–Crippen MR) is 121 cm³/mol. The minimum Gasteiger partial charge on any atom is -0.314 e. The summed E-state index contributed by atoms with van der Waals surface area (Å²) in [4.78, 5) is 10.7. The smallest absolute Gasteiger partial charge is 0.269 e. The van der Waals surface area contributed by atoms with E-state index in [-0.39, 0.29) is 10.6 Å². The average Bonchev–Trinajstić information content (AvgIpc) is 3.09. The normalized spacial score (nSPS) is 14.7. The first-order valence-electron chi connectivity index (χ1n) is 10.5. The Labute approximate surface area is 181 Å². The molecule has 3 aromatic rings. The van der Waals surface area contributed by atoms with Gasteiger partial charge < -0.3 is 9.88 Å². The zero-order valence-corrected chi connectivity index (χ0v) is 17.9. The highest BCUT2D eigenvalue weighted by molar-refractivity contribution is 6.30. The van der Waals surface area contributed by atoms with Crippen molar-refractivity contribution in [3.8, 4) is 16.9 Å². The maximum atomic E-state index is 11.1. The summed E-state index contributed by atoms with van der Waals surface area (Å²) in [5.41, 5.74) is 5.49. The van der Waals surface area contributed by atoms with E-state index in [1.165, 1.54) is 37.7 Å². The van der Waals surface area contributed by atoms with Crippen molar-refractivity contribution in [1.82, 2.24) is 9.88 Å². The molecule has 6 heteroatoms. The van der Waals surface area contributed by atoms with Gasteiger partial charge in [-0.05, 0) is 61.2 Å². The Morgan fingerprint density at radius 3 is 2.37 bits per heavy atom. The van der Waals surface area contributed by atoms with Gasteiger partial charge in [-0.15, -0.1) is 0 Å². The number of aromatic nitrogens is 1. The summed E-state index contributed by atoms with van der Waals surface area (Å²) in [6.45, 7) is 2.93. The number of nitrogens with one attached hydrogen (secondary N) is 1. The van der Waals surface area contributed by atoms with E-state index in [1.54, 1.807) is 12.1 Å². The molecule has 30 heavy (non-hydrogen) atoms. The lowest BCUT2D eigenvalue weighted by molar-refractivity contribution is -0.384. The van der Waals surface area contributed by atoms with E-state index in [9.17, 15) is 10.1 Å². The van der Waals surface area contributed by atoms with E-state index in [1.807, 2.05) is 36.4 Å². The van der Waals surface area contributed by atoms with Gasteiger partial charge in [0.25, 0.3) is 5.69 Å². The van der Waals surface area contributed by atoms with Gasteiger partial charge >= 0.3 is 0 Å². The molecule has 1 fully saturated rings. The molecule has 0 aliphatic heterocycles. The van der Waals surface area contributed by atoms with Gasteiger partial charge in [0, 0.05) is 41.1 Å². The molecule has 0 saturated heterocycles. The Morgan fingerprint density at radius 1 is 1.07 bits per heavy atom. The second kappa shape index (κ2) is 9.02. The molecular formula is C24H26ClN3O2. The fourth-order valence-corrected chi connectivity index (χ4v) is 4.41. The van der Waals surface area contributed by atoms with Crippen LogP contribution in [0.5, 0.6) is 0 Å². The first-order chi connectivity index (χ1) is 14.5. The van der Waals surface area contributed by atoms with Crippen LogP contribution in [0.1, 0.15) is 43.4 Å². The topological polar surface area (TPSA) is 60.1 Å². The summed E-state index contributed by atoms with van der Waals surface area (Å²) in [5.74, 6) is 0. The first-order valence-corrected chi connectivity index (χ1v) is 10.9. The summed E-state index contributed by atoms with van der Waals surface area (Å²) in [6, 6.07) is 17.3. The van der Waals surface area contributed by atoms with E-state index in [0.29, 0.717) is 11.1 Å². The summed E-state index contributed by atoms with van der Waals surface area (Å²) < 4.78 is 2.17. The Bertz CT molecular complexity index is 1020. The van der Waals surface area contributed by atoms with Crippen LogP contribution in [0.15, 0.2) is 54.6 Å². The van der Waals surface area contributed by atoms with E-state index in [0.717, 1.165) is 29.2 Å². The number of hydrogen-bond acceptors (Lipinski definition) is 3. The zero-order chi connectivity index (χ0) is 21.1. The SMILES string of the molecule is Cc1c(CNC2CCCCC2)cc(-c2ccc(Cl)cc2)n1-c1ccc([N+](=O)[O-])cc1. The average molecular weight is 424 g/mol. The molecule has 1 N–H and O–H groups in total. The summed E-state index contributed by atoms with van der Waals surface area (Å²) in [6.07, 6.45) is 6.43. The predicted octanol–water partition coefficient (Wildman–Crippen LogP) is 6.44. The largest absolute Gasteiger partial charge is 0.314 e.